The van der Waals surface area contributed by atoms with E-state index in [0.717, 1.165) is 24.8 Å². The number of aryl methyl sites for hydroxylation is 2. The molecule has 166 valence electrons. The van der Waals surface area contributed by atoms with Crippen molar-refractivity contribution < 1.29 is 19.0 Å². The molecule has 0 saturated heterocycles. The predicted octanol–water partition coefficient (Wildman–Crippen LogP) is 2.70. The lowest BCUT2D eigenvalue weighted by atomic mass is 10.1. The highest BCUT2D eigenvalue weighted by Gasteiger charge is 2.17. The van der Waals surface area contributed by atoms with E-state index >= 15 is 0 Å². The van der Waals surface area contributed by atoms with Gasteiger partial charge in [-0.15, -0.1) is 0 Å². The zero-order valence-electron chi connectivity index (χ0n) is 18.1. The number of hydrazine groups is 1. The van der Waals surface area contributed by atoms with E-state index in [1.165, 1.54) is 17.5 Å². The van der Waals surface area contributed by atoms with Crippen molar-refractivity contribution in [3.8, 4) is 17.2 Å². The van der Waals surface area contributed by atoms with E-state index in [2.05, 4.69) is 22.2 Å². The van der Waals surface area contributed by atoms with E-state index < -0.39 is 6.10 Å². The number of hydrogen-bond acceptors (Lipinski definition) is 5. The van der Waals surface area contributed by atoms with Crippen LogP contribution in [-0.4, -0.2) is 37.9 Å². The standard InChI is InChI=1S/C23H29N3O4S/c1-15(30-19-9-8-17-5-4-6-18(17)14-19)22(27)25-26-23(31)24-12-11-16-7-10-20(28-2)21(13-16)29-3/h7-10,13-15H,4-6,11-12H2,1-3H3,(H,25,27)(H2,24,26,31)/t15-/m1/s1. The fraction of sp³-hybridized carbons (Fsp3) is 0.391. The first-order valence-corrected chi connectivity index (χ1v) is 10.7. The summed E-state index contributed by atoms with van der Waals surface area (Å²) in [5, 5.41) is 3.39. The van der Waals surface area contributed by atoms with Crippen LogP contribution in [0.4, 0.5) is 0 Å². The van der Waals surface area contributed by atoms with Crippen LogP contribution in [-0.2, 0) is 24.1 Å². The van der Waals surface area contributed by atoms with Crippen molar-refractivity contribution in [1.82, 2.24) is 16.2 Å². The lowest BCUT2D eigenvalue weighted by Crippen LogP contribution is -2.50. The first-order chi connectivity index (χ1) is 15.0. The Hall–Kier alpha value is -3.00. The summed E-state index contributed by atoms with van der Waals surface area (Å²) in [6.07, 6.45) is 3.44. The molecule has 0 aliphatic heterocycles. The molecule has 0 fully saturated rings. The second-order valence-electron chi connectivity index (χ2n) is 7.35. The van der Waals surface area contributed by atoms with Crippen LogP contribution in [0.15, 0.2) is 36.4 Å². The minimum absolute atomic E-state index is 0.301. The number of carbonyl (C=O) groups is 1. The summed E-state index contributed by atoms with van der Waals surface area (Å²) in [4.78, 5) is 12.3. The molecule has 3 N–H and O–H groups in total. The maximum Gasteiger partial charge on any atom is 0.279 e. The fourth-order valence-corrected chi connectivity index (χ4v) is 3.65. The van der Waals surface area contributed by atoms with Crippen LogP contribution in [0.5, 0.6) is 17.2 Å². The van der Waals surface area contributed by atoms with E-state index in [1.807, 2.05) is 30.3 Å². The molecule has 8 heteroatoms. The number of fused-ring (bicyclic) bond motifs is 1. The van der Waals surface area contributed by atoms with Gasteiger partial charge in [-0.05, 0) is 85.8 Å². The smallest absolute Gasteiger partial charge is 0.279 e. The monoisotopic (exact) mass is 443 g/mol. The molecule has 1 aliphatic rings. The van der Waals surface area contributed by atoms with Gasteiger partial charge < -0.3 is 19.5 Å². The van der Waals surface area contributed by atoms with Crippen molar-refractivity contribution in [2.45, 2.75) is 38.7 Å². The Morgan fingerprint density at radius 3 is 2.58 bits per heavy atom. The molecule has 1 aliphatic carbocycles. The van der Waals surface area contributed by atoms with Gasteiger partial charge in [0.1, 0.15) is 5.75 Å². The zero-order chi connectivity index (χ0) is 22.2. The number of rotatable bonds is 8. The quantitative estimate of drug-likeness (QED) is 0.428. The van der Waals surface area contributed by atoms with Crippen LogP contribution >= 0.6 is 12.2 Å². The highest BCUT2D eigenvalue weighted by Crippen LogP contribution is 2.28. The molecular formula is C23H29N3O4S. The molecular weight excluding hydrogens is 414 g/mol. The van der Waals surface area contributed by atoms with Crippen molar-refractivity contribution in [2.75, 3.05) is 20.8 Å². The lowest BCUT2D eigenvalue weighted by Gasteiger charge is -2.17. The van der Waals surface area contributed by atoms with E-state index in [4.69, 9.17) is 26.4 Å². The molecule has 31 heavy (non-hydrogen) atoms. The van der Waals surface area contributed by atoms with Gasteiger partial charge in [0.05, 0.1) is 14.2 Å². The van der Waals surface area contributed by atoms with E-state index in [1.54, 1.807) is 21.1 Å². The van der Waals surface area contributed by atoms with Crippen LogP contribution in [0.3, 0.4) is 0 Å². The zero-order valence-corrected chi connectivity index (χ0v) is 18.9. The van der Waals surface area contributed by atoms with Crippen molar-refractivity contribution in [1.29, 1.82) is 0 Å². The molecule has 0 bridgehead atoms. The number of methoxy groups -OCH3 is 2. The molecule has 0 unspecified atom stereocenters. The Morgan fingerprint density at radius 1 is 1.03 bits per heavy atom. The molecule has 0 radical (unpaired) electrons. The summed E-state index contributed by atoms with van der Waals surface area (Å²) in [5.41, 5.74) is 9.05. The summed E-state index contributed by atoms with van der Waals surface area (Å²) in [5.74, 6) is 1.78. The second kappa shape index (κ2) is 10.9. The number of carbonyl (C=O) groups excluding carboxylic acids is 1. The van der Waals surface area contributed by atoms with Gasteiger partial charge in [-0.1, -0.05) is 12.1 Å². The molecule has 0 spiro atoms. The van der Waals surface area contributed by atoms with Crippen molar-refractivity contribution in [3.05, 3.63) is 53.1 Å². The number of nitrogens with one attached hydrogen (secondary N) is 3. The van der Waals surface area contributed by atoms with E-state index in [9.17, 15) is 4.79 Å². The van der Waals surface area contributed by atoms with Crippen LogP contribution < -0.4 is 30.4 Å². The molecule has 2 aromatic rings. The molecule has 1 atom stereocenters. The Morgan fingerprint density at radius 2 is 1.81 bits per heavy atom. The van der Waals surface area contributed by atoms with Crippen LogP contribution in [0.1, 0.15) is 30.0 Å². The minimum atomic E-state index is -0.651. The predicted molar refractivity (Wildman–Crippen MR) is 124 cm³/mol. The highest BCUT2D eigenvalue weighted by molar-refractivity contribution is 7.80. The number of benzene rings is 2. The van der Waals surface area contributed by atoms with Gasteiger partial charge in [0.2, 0.25) is 0 Å². The maximum absolute atomic E-state index is 12.3. The van der Waals surface area contributed by atoms with Crippen LogP contribution in [0.2, 0.25) is 0 Å². The van der Waals surface area contributed by atoms with Gasteiger partial charge in [-0.2, -0.15) is 0 Å². The van der Waals surface area contributed by atoms with Gasteiger partial charge in [0.25, 0.3) is 5.91 Å². The Kier molecular flexibility index (Phi) is 7.94. The number of thiocarbonyl (C=S) groups is 1. The van der Waals surface area contributed by atoms with Crippen molar-refractivity contribution in [2.24, 2.45) is 0 Å². The normalized spacial score (nSPS) is 13.0. The molecule has 2 aromatic carbocycles. The fourth-order valence-electron chi connectivity index (χ4n) is 3.50. The van der Waals surface area contributed by atoms with Crippen LogP contribution in [0, 0.1) is 0 Å². The minimum Gasteiger partial charge on any atom is -0.493 e. The Labute approximate surface area is 188 Å². The Bertz CT molecular complexity index is 935. The molecule has 0 saturated carbocycles. The van der Waals surface area contributed by atoms with Gasteiger partial charge in [0, 0.05) is 6.54 Å². The average Bonchev–Trinajstić information content (AvgIpc) is 3.25. The largest absolute Gasteiger partial charge is 0.493 e. The Balaban J connectivity index is 1.38. The van der Waals surface area contributed by atoms with Gasteiger partial charge in [0.15, 0.2) is 22.7 Å². The lowest BCUT2D eigenvalue weighted by molar-refractivity contribution is -0.127. The van der Waals surface area contributed by atoms with Crippen molar-refractivity contribution >= 4 is 23.2 Å². The maximum atomic E-state index is 12.3. The van der Waals surface area contributed by atoms with Gasteiger partial charge in [-0.3, -0.25) is 15.6 Å². The van der Waals surface area contributed by atoms with Gasteiger partial charge >= 0.3 is 0 Å². The third kappa shape index (κ3) is 6.24. The average molecular weight is 444 g/mol. The molecule has 0 heterocycles. The summed E-state index contributed by atoms with van der Waals surface area (Å²) < 4.78 is 16.3. The first-order valence-electron chi connectivity index (χ1n) is 10.3. The summed E-state index contributed by atoms with van der Waals surface area (Å²) >= 11 is 5.22. The molecule has 0 aromatic heterocycles. The second-order valence-corrected chi connectivity index (χ2v) is 7.76. The first kappa shape index (κ1) is 22.7. The number of ether oxygens (including phenoxy) is 3. The SMILES string of the molecule is COc1ccc(CCNC(=S)NNC(=O)[C@@H](C)Oc2ccc3c(c2)CCC3)cc1OC. The van der Waals surface area contributed by atoms with Gasteiger partial charge in [-0.25, -0.2) is 0 Å². The molecule has 7 nitrogen and oxygen atoms in total. The summed E-state index contributed by atoms with van der Waals surface area (Å²) in [6, 6.07) is 11.8. The molecule has 1 amide bonds. The van der Waals surface area contributed by atoms with E-state index in [0.29, 0.717) is 28.9 Å². The summed E-state index contributed by atoms with van der Waals surface area (Å²) in [7, 11) is 3.21. The number of amides is 1. The molecule has 3 rings (SSSR count). The van der Waals surface area contributed by atoms with E-state index in [-0.39, 0.29) is 5.91 Å². The topological polar surface area (TPSA) is 80.9 Å². The van der Waals surface area contributed by atoms with Crippen LogP contribution in [0.25, 0.3) is 0 Å². The number of hydrogen-bond donors (Lipinski definition) is 3. The van der Waals surface area contributed by atoms with Crippen molar-refractivity contribution in [3.63, 3.8) is 0 Å². The third-order valence-corrected chi connectivity index (χ3v) is 5.44. The summed E-state index contributed by atoms with van der Waals surface area (Å²) in [6.45, 7) is 2.30. The highest BCUT2D eigenvalue weighted by atomic mass is 32.1. The third-order valence-electron chi connectivity index (χ3n) is 5.20.